The molecule has 3 amide bonds. The second kappa shape index (κ2) is 11.2. The van der Waals surface area contributed by atoms with Crippen molar-refractivity contribution in [3.8, 4) is 0 Å². The van der Waals surface area contributed by atoms with E-state index >= 15 is 0 Å². The minimum absolute atomic E-state index is 0.0173. The van der Waals surface area contributed by atoms with E-state index in [1.165, 1.54) is 4.90 Å². The van der Waals surface area contributed by atoms with Gasteiger partial charge in [0.1, 0.15) is 12.3 Å². The molecule has 0 bridgehead atoms. The summed E-state index contributed by atoms with van der Waals surface area (Å²) in [6, 6.07) is 13.0. The van der Waals surface area contributed by atoms with Crippen molar-refractivity contribution >= 4 is 11.9 Å². The van der Waals surface area contributed by atoms with Gasteiger partial charge in [-0.3, -0.25) is 4.79 Å². The summed E-state index contributed by atoms with van der Waals surface area (Å²) in [4.78, 5) is 28.9. The predicted molar refractivity (Wildman–Crippen MR) is 114 cm³/mol. The van der Waals surface area contributed by atoms with Crippen molar-refractivity contribution in [2.75, 3.05) is 26.2 Å². The zero-order chi connectivity index (χ0) is 21.2. The van der Waals surface area contributed by atoms with Gasteiger partial charge < -0.3 is 24.3 Å². The smallest absolute Gasteiger partial charge is 0.318 e. The first-order valence-electron chi connectivity index (χ1n) is 10.2. The van der Waals surface area contributed by atoms with Crippen LogP contribution in [-0.4, -0.2) is 54.1 Å². The van der Waals surface area contributed by atoms with E-state index in [0.717, 1.165) is 25.0 Å². The van der Waals surface area contributed by atoms with E-state index in [1.807, 2.05) is 36.4 Å². The number of ether oxygens (including phenoxy) is 1. The first-order valence-corrected chi connectivity index (χ1v) is 10.2. The molecule has 0 radical (unpaired) electrons. The van der Waals surface area contributed by atoms with Crippen molar-refractivity contribution in [3.05, 3.63) is 72.7 Å². The summed E-state index contributed by atoms with van der Waals surface area (Å²) in [5.41, 5.74) is 0.994. The van der Waals surface area contributed by atoms with Gasteiger partial charge in [-0.25, -0.2) is 4.79 Å². The molecule has 3 rings (SSSR count). The third-order valence-electron chi connectivity index (χ3n) is 4.98. The number of hydrogen-bond donors (Lipinski definition) is 1. The number of amides is 3. The van der Waals surface area contributed by atoms with Crippen LogP contribution in [0, 0.1) is 0 Å². The Morgan fingerprint density at radius 3 is 2.67 bits per heavy atom. The van der Waals surface area contributed by atoms with Crippen LogP contribution in [0.25, 0.3) is 0 Å². The lowest BCUT2D eigenvalue weighted by Crippen LogP contribution is -2.47. The Morgan fingerprint density at radius 1 is 1.17 bits per heavy atom. The molecular formula is C23H29N3O4. The molecule has 1 aliphatic rings. The number of nitrogens with zero attached hydrogens (tertiary/aromatic N) is 2. The van der Waals surface area contributed by atoms with Crippen LogP contribution in [-0.2, 0) is 22.6 Å². The third kappa shape index (κ3) is 6.49. The van der Waals surface area contributed by atoms with Crippen LogP contribution < -0.4 is 5.32 Å². The molecule has 1 fully saturated rings. The third-order valence-corrected chi connectivity index (χ3v) is 4.98. The number of urea groups is 1. The molecular weight excluding hydrogens is 382 g/mol. The molecule has 1 atom stereocenters. The number of hydrogen-bond acceptors (Lipinski definition) is 4. The summed E-state index contributed by atoms with van der Waals surface area (Å²) >= 11 is 0. The van der Waals surface area contributed by atoms with Crippen molar-refractivity contribution in [2.24, 2.45) is 0 Å². The highest BCUT2D eigenvalue weighted by Gasteiger charge is 2.26. The highest BCUT2D eigenvalue weighted by molar-refractivity contribution is 5.84. The highest BCUT2D eigenvalue weighted by Crippen LogP contribution is 2.16. The summed E-state index contributed by atoms with van der Waals surface area (Å²) in [5.74, 6) is 0.545. The van der Waals surface area contributed by atoms with E-state index in [4.69, 9.17) is 9.15 Å². The molecule has 1 aromatic heterocycles. The van der Waals surface area contributed by atoms with Gasteiger partial charge in [0.2, 0.25) is 5.91 Å². The van der Waals surface area contributed by atoms with Crippen LogP contribution >= 0.6 is 0 Å². The van der Waals surface area contributed by atoms with Crippen LogP contribution in [0.3, 0.4) is 0 Å². The molecule has 1 saturated heterocycles. The van der Waals surface area contributed by atoms with Crippen LogP contribution in [0.4, 0.5) is 4.79 Å². The topological polar surface area (TPSA) is 75.0 Å². The monoisotopic (exact) mass is 411 g/mol. The van der Waals surface area contributed by atoms with Gasteiger partial charge in [-0.05, 0) is 30.5 Å². The van der Waals surface area contributed by atoms with E-state index in [9.17, 15) is 9.59 Å². The van der Waals surface area contributed by atoms with Gasteiger partial charge in [0.25, 0.3) is 0 Å². The Bertz CT molecular complexity index is 801. The summed E-state index contributed by atoms with van der Waals surface area (Å²) in [6.07, 6.45) is 5.15. The van der Waals surface area contributed by atoms with Gasteiger partial charge >= 0.3 is 6.03 Å². The lowest BCUT2D eigenvalue weighted by molar-refractivity contribution is -0.134. The molecule has 2 aromatic rings. The van der Waals surface area contributed by atoms with E-state index in [1.54, 1.807) is 23.3 Å². The fourth-order valence-electron chi connectivity index (χ4n) is 3.40. The van der Waals surface area contributed by atoms with E-state index in [-0.39, 0.29) is 31.1 Å². The van der Waals surface area contributed by atoms with Crippen LogP contribution in [0.1, 0.15) is 24.2 Å². The average molecular weight is 412 g/mol. The van der Waals surface area contributed by atoms with E-state index in [2.05, 4.69) is 11.9 Å². The normalized spacial score (nSPS) is 15.5. The molecule has 30 heavy (non-hydrogen) atoms. The fourth-order valence-corrected chi connectivity index (χ4v) is 3.40. The van der Waals surface area contributed by atoms with Gasteiger partial charge in [-0.1, -0.05) is 36.4 Å². The van der Waals surface area contributed by atoms with Crippen molar-refractivity contribution in [2.45, 2.75) is 32.0 Å². The Balaban J connectivity index is 1.61. The van der Waals surface area contributed by atoms with Gasteiger partial charge in [-0.2, -0.15) is 0 Å². The first kappa shape index (κ1) is 21.6. The summed E-state index contributed by atoms with van der Waals surface area (Å²) < 4.78 is 11.1. The zero-order valence-corrected chi connectivity index (χ0v) is 17.2. The second-order valence-corrected chi connectivity index (χ2v) is 7.30. The molecule has 0 unspecified atom stereocenters. The van der Waals surface area contributed by atoms with Crippen molar-refractivity contribution in [1.82, 2.24) is 15.1 Å². The lowest BCUT2D eigenvalue weighted by atomic mass is 10.2. The van der Waals surface area contributed by atoms with Crippen molar-refractivity contribution in [1.29, 1.82) is 0 Å². The molecule has 1 N–H and O–H groups in total. The highest BCUT2D eigenvalue weighted by atomic mass is 16.5. The standard InChI is InChI=1S/C23H29N3O4/c1-2-12-25(23(28)24-15-19-8-4-3-5-9-19)18-22(27)26(16-20-10-6-13-29-20)17-21-11-7-14-30-21/h2-6,8-10,13,21H,1,7,11-12,14-18H2,(H,24,28)/t21-/m1/s1. The summed E-state index contributed by atoms with van der Waals surface area (Å²) in [7, 11) is 0. The Hall–Kier alpha value is -3.06. The maximum Gasteiger partial charge on any atom is 0.318 e. The number of furan rings is 1. The quantitative estimate of drug-likeness (QED) is 0.610. The molecule has 1 aromatic carbocycles. The van der Waals surface area contributed by atoms with Crippen LogP contribution in [0.2, 0.25) is 0 Å². The molecule has 2 heterocycles. The van der Waals surface area contributed by atoms with Crippen molar-refractivity contribution < 1.29 is 18.7 Å². The Kier molecular flexibility index (Phi) is 8.09. The minimum Gasteiger partial charge on any atom is -0.467 e. The van der Waals surface area contributed by atoms with Crippen LogP contribution in [0.15, 0.2) is 65.8 Å². The molecule has 160 valence electrons. The largest absolute Gasteiger partial charge is 0.467 e. The van der Waals surface area contributed by atoms with Gasteiger partial charge in [-0.15, -0.1) is 6.58 Å². The molecule has 7 nitrogen and oxygen atoms in total. The summed E-state index contributed by atoms with van der Waals surface area (Å²) in [6.45, 7) is 5.90. The number of carbonyl (C=O) groups excluding carboxylic acids is 2. The first-order chi connectivity index (χ1) is 14.7. The average Bonchev–Trinajstić information content (AvgIpc) is 3.46. The lowest BCUT2D eigenvalue weighted by Gasteiger charge is -2.28. The SMILES string of the molecule is C=CCN(CC(=O)N(Cc1ccco1)C[C@H]1CCCO1)C(=O)NCc1ccccc1. The molecule has 0 spiro atoms. The molecule has 0 aliphatic carbocycles. The Labute approximate surface area is 177 Å². The molecule has 7 heteroatoms. The fraction of sp³-hybridized carbons (Fsp3) is 0.391. The molecule has 0 saturated carbocycles. The Morgan fingerprint density at radius 2 is 2.00 bits per heavy atom. The predicted octanol–water partition coefficient (Wildman–Crippen LogP) is 3.19. The minimum atomic E-state index is -0.304. The zero-order valence-electron chi connectivity index (χ0n) is 17.2. The number of carbonyl (C=O) groups is 2. The van der Waals surface area contributed by atoms with Gasteiger partial charge in [0.05, 0.1) is 18.9 Å². The summed E-state index contributed by atoms with van der Waals surface area (Å²) in [5, 5.41) is 2.87. The van der Waals surface area contributed by atoms with Crippen molar-refractivity contribution in [3.63, 3.8) is 0 Å². The maximum absolute atomic E-state index is 13.1. The maximum atomic E-state index is 13.1. The van der Waals surface area contributed by atoms with Gasteiger partial charge in [0.15, 0.2) is 0 Å². The number of rotatable bonds is 10. The molecule has 1 aliphatic heterocycles. The van der Waals surface area contributed by atoms with Crippen LogP contribution in [0.5, 0.6) is 0 Å². The number of benzene rings is 1. The van der Waals surface area contributed by atoms with E-state index in [0.29, 0.717) is 25.4 Å². The van der Waals surface area contributed by atoms with Gasteiger partial charge in [0, 0.05) is 26.2 Å². The number of nitrogens with one attached hydrogen (secondary N) is 1. The van der Waals surface area contributed by atoms with E-state index < -0.39 is 0 Å². The second-order valence-electron chi connectivity index (χ2n) is 7.30.